The Kier molecular flexibility index (Phi) is 7.41. The van der Waals surface area contributed by atoms with Crippen molar-refractivity contribution < 1.29 is 14.6 Å². The van der Waals surface area contributed by atoms with Crippen molar-refractivity contribution >= 4 is 5.69 Å². The van der Waals surface area contributed by atoms with E-state index in [-0.39, 0.29) is 18.8 Å². The lowest BCUT2D eigenvalue weighted by Gasteiger charge is -2.39. The van der Waals surface area contributed by atoms with Crippen LogP contribution < -0.4 is 5.73 Å². The number of hydrogen-bond donors (Lipinski definition) is 2. The van der Waals surface area contributed by atoms with E-state index in [0.717, 1.165) is 36.2 Å². The molecule has 31 heavy (non-hydrogen) atoms. The summed E-state index contributed by atoms with van der Waals surface area (Å²) in [5, 5.41) is 9.37. The topological polar surface area (TPSA) is 68.0 Å². The number of nitrogens with zero attached hydrogens (tertiary/aromatic N) is 1. The average Bonchev–Trinajstić information content (AvgIpc) is 3.34. The molecule has 1 saturated heterocycles. The minimum Gasteiger partial charge on any atom is -0.399 e. The molecule has 1 aliphatic carbocycles. The normalized spacial score (nSPS) is 24.5. The zero-order valence-corrected chi connectivity index (χ0v) is 18.2. The van der Waals surface area contributed by atoms with Crippen molar-refractivity contribution in [3.05, 3.63) is 77.9 Å². The molecule has 0 amide bonds. The molecule has 5 nitrogen and oxygen atoms in total. The van der Waals surface area contributed by atoms with Crippen LogP contribution in [0.2, 0.25) is 0 Å². The molecule has 4 rings (SSSR count). The van der Waals surface area contributed by atoms with Gasteiger partial charge in [-0.1, -0.05) is 55.3 Å². The van der Waals surface area contributed by atoms with Crippen molar-refractivity contribution in [1.29, 1.82) is 0 Å². The summed E-state index contributed by atoms with van der Waals surface area (Å²) in [6.45, 7) is 5.76. The van der Waals surface area contributed by atoms with Gasteiger partial charge < -0.3 is 20.3 Å². The second kappa shape index (κ2) is 10.4. The lowest BCUT2D eigenvalue weighted by atomic mass is 9.99. The van der Waals surface area contributed by atoms with Crippen molar-refractivity contribution in [2.24, 2.45) is 0 Å². The molecule has 166 valence electrons. The summed E-state index contributed by atoms with van der Waals surface area (Å²) in [6.07, 6.45) is 7.41. The van der Waals surface area contributed by atoms with Gasteiger partial charge >= 0.3 is 0 Å². The van der Waals surface area contributed by atoms with Crippen LogP contribution in [-0.2, 0) is 16.1 Å². The number of ether oxygens (including phenoxy) is 2. The molecule has 5 heteroatoms. The van der Waals surface area contributed by atoms with Crippen LogP contribution in [-0.4, -0.2) is 35.2 Å². The van der Waals surface area contributed by atoms with Crippen molar-refractivity contribution in [3.63, 3.8) is 0 Å². The number of rotatable bonds is 8. The maximum atomic E-state index is 9.37. The van der Waals surface area contributed by atoms with E-state index < -0.39 is 6.29 Å². The molecule has 2 aliphatic rings. The molecule has 2 fully saturated rings. The van der Waals surface area contributed by atoms with Gasteiger partial charge in [0.05, 0.1) is 18.8 Å². The van der Waals surface area contributed by atoms with Crippen molar-refractivity contribution in [2.75, 3.05) is 18.8 Å². The molecule has 2 aromatic carbocycles. The molecular weight excluding hydrogens is 388 g/mol. The third-order valence-corrected chi connectivity index (χ3v) is 6.44. The Morgan fingerprint density at radius 3 is 2.52 bits per heavy atom. The Bertz CT molecular complexity index is 848. The molecule has 3 atom stereocenters. The van der Waals surface area contributed by atoms with E-state index in [1.165, 1.54) is 25.7 Å². The maximum Gasteiger partial charge on any atom is 0.185 e. The van der Waals surface area contributed by atoms with E-state index in [1.807, 2.05) is 54.6 Å². The molecule has 1 heterocycles. The van der Waals surface area contributed by atoms with E-state index in [1.54, 1.807) is 0 Å². The van der Waals surface area contributed by atoms with Gasteiger partial charge in [-0.05, 0) is 36.1 Å². The largest absolute Gasteiger partial charge is 0.399 e. The number of nitrogens with two attached hydrogens (primary N) is 1. The number of hydrogen-bond acceptors (Lipinski definition) is 5. The molecular formula is C26H34N2O3. The third kappa shape index (κ3) is 5.55. The lowest BCUT2D eigenvalue weighted by molar-refractivity contribution is -0.253. The minimum absolute atomic E-state index is 0.0430. The lowest BCUT2D eigenvalue weighted by Crippen LogP contribution is -2.43. The van der Waals surface area contributed by atoms with Gasteiger partial charge in [0.15, 0.2) is 6.29 Å². The van der Waals surface area contributed by atoms with E-state index in [0.29, 0.717) is 11.7 Å². The van der Waals surface area contributed by atoms with Gasteiger partial charge in [0, 0.05) is 36.8 Å². The first-order chi connectivity index (χ1) is 15.2. The monoisotopic (exact) mass is 422 g/mol. The highest BCUT2D eigenvalue weighted by atomic mass is 16.7. The Balaban J connectivity index is 1.56. The smallest absolute Gasteiger partial charge is 0.185 e. The van der Waals surface area contributed by atoms with Crippen LogP contribution in [0.5, 0.6) is 0 Å². The summed E-state index contributed by atoms with van der Waals surface area (Å²) in [7, 11) is 0. The highest BCUT2D eigenvalue weighted by Crippen LogP contribution is 2.39. The molecule has 1 saturated carbocycles. The number of benzene rings is 2. The first-order valence-corrected chi connectivity index (χ1v) is 11.4. The van der Waals surface area contributed by atoms with Crippen LogP contribution in [0.4, 0.5) is 5.69 Å². The van der Waals surface area contributed by atoms with E-state index in [2.05, 4.69) is 11.5 Å². The molecule has 0 unspecified atom stereocenters. The quantitative estimate of drug-likeness (QED) is 0.475. The SMILES string of the molecule is C=CCN(C[C@@H]1C[C@H](c2ccc(CO)cc2)O[C@H](c2cccc(N)c2)O1)C1CCCC1. The highest BCUT2D eigenvalue weighted by molar-refractivity contribution is 5.41. The predicted octanol–water partition coefficient (Wildman–Crippen LogP) is 4.74. The zero-order chi connectivity index (χ0) is 21.6. The fourth-order valence-corrected chi connectivity index (χ4v) is 4.81. The molecule has 0 aromatic heterocycles. The van der Waals surface area contributed by atoms with Crippen molar-refractivity contribution in [1.82, 2.24) is 4.90 Å². The summed E-state index contributed by atoms with van der Waals surface area (Å²) >= 11 is 0. The Morgan fingerprint density at radius 1 is 1.06 bits per heavy atom. The van der Waals surface area contributed by atoms with Crippen LogP contribution in [0.25, 0.3) is 0 Å². The summed E-state index contributed by atoms with van der Waals surface area (Å²) in [5.74, 6) is 0. The minimum atomic E-state index is -0.459. The second-order valence-electron chi connectivity index (χ2n) is 8.70. The Labute approximate surface area is 185 Å². The van der Waals surface area contributed by atoms with Gasteiger partial charge in [-0.25, -0.2) is 0 Å². The fourth-order valence-electron chi connectivity index (χ4n) is 4.81. The zero-order valence-electron chi connectivity index (χ0n) is 18.2. The molecule has 0 radical (unpaired) electrons. The van der Waals surface area contributed by atoms with Gasteiger partial charge in [0.1, 0.15) is 0 Å². The first kappa shape index (κ1) is 22.0. The molecule has 0 spiro atoms. The summed E-state index contributed by atoms with van der Waals surface area (Å²) < 4.78 is 12.9. The van der Waals surface area contributed by atoms with E-state index >= 15 is 0 Å². The Morgan fingerprint density at radius 2 is 1.84 bits per heavy atom. The number of anilines is 1. The van der Waals surface area contributed by atoms with Gasteiger partial charge in [-0.15, -0.1) is 6.58 Å². The number of aliphatic hydroxyl groups excluding tert-OH is 1. The van der Waals surface area contributed by atoms with E-state index in [9.17, 15) is 5.11 Å². The average molecular weight is 423 g/mol. The summed E-state index contributed by atoms with van der Waals surface area (Å²) in [4.78, 5) is 2.53. The van der Waals surface area contributed by atoms with E-state index in [4.69, 9.17) is 15.2 Å². The number of nitrogen functional groups attached to an aromatic ring is 1. The third-order valence-electron chi connectivity index (χ3n) is 6.44. The first-order valence-electron chi connectivity index (χ1n) is 11.4. The Hall–Kier alpha value is -2.18. The molecule has 2 aromatic rings. The second-order valence-corrected chi connectivity index (χ2v) is 8.70. The van der Waals surface area contributed by atoms with Crippen LogP contribution in [0.15, 0.2) is 61.2 Å². The van der Waals surface area contributed by atoms with Crippen LogP contribution in [0.3, 0.4) is 0 Å². The molecule has 0 bridgehead atoms. The van der Waals surface area contributed by atoms with Crippen molar-refractivity contribution in [3.8, 4) is 0 Å². The van der Waals surface area contributed by atoms with Gasteiger partial charge in [0.2, 0.25) is 0 Å². The van der Waals surface area contributed by atoms with Crippen LogP contribution in [0, 0.1) is 0 Å². The van der Waals surface area contributed by atoms with Gasteiger partial charge in [-0.2, -0.15) is 0 Å². The number of aliphatic hydroxyl groups is 1. The highest BCUT2D eigenvalue weighted by Gasteiger charge is 2.34. The van der Waals surface area contributed by atoms with Gasteiger partial charge in [0.25, 0.3) is 0 Å². The maximum absolute atomic E-state index is 9.37. The van der Waals surface area contributed by atoms with Gasteiger partial charge in [-0.3, -0.25) is 4.90 Å². The fraction of sp³-hybridized carbons (Fsp3) is 0.462. The molecule has 1 aliphatic heterocycles. The summed E-state index contributed by atoms with van der Waals surface area (Å²) in [6, 6.07) is 16.4. The standard InChI is InChI=1S/C26H34N2O3/c1-2-14-28(23-8-3-4-9-23)17-24-16-25(20-12-10-19(18-29)11-13-20)31-26(30-24)21-6-5-7-22(27)15-21/h2,5-7,10-13,15,23-26,29H,1,3-4,8-9,14,16-18,27H2/t24-,25+,26+/m0/s1. The van der Waals surface area contributed by atoms with Crippen LogP contribution in [0.1, 0.15) is 61.2 Å². The van der Waals surface area contributed by atoms with Crippen LogP contribution >= 0.6 is 0 Å². The summed E-state index contributed by atoms with van der Waals surface area (Å²) in [5.41, 5.74) is 9.68. The molecule has 3 N–H and O–H groups in total. The van der Waals surface area contributed by atoms with Crippen molar-refractivity contribution in [2.45, 2.75) is 63.3 Å². The predicted molar refractivity (Wildman–Crippen MR) is 123 cm³/mol.